The van der Waals surface area contributed by atoms with Crippen molar-refractivity contribution in [1.29, 1.82) is 0 Å². The number of hydrogen-bond acceptors (Lipinski definition) is 3. The number of nitrogens with zero attached hydrogens (tertiary/aromatic N) is 2. The highest BCUT2D eigenvalue weighted by Crippen LogP contribution is 2.22. The lowest BCUT2D eigenvalue weighted by atomic mass is 10.1. The molecule has 4 nitrogen and oxygen atoms in total. The van der Waals surface area contributed by atoms with Gasteiger partial charge < -0.3 is 9.64 Å². The van der Waals surface area contributed by atoms with Crippen LogP contribution in [0, 0.1) is 5.82 Å². The van der Waals surface area contributed by atoms with Gasteiger partial charge in [-0.05, 0) is 19.1 Å². The van der Waals surface area contributed by atoms with E-state index in [1.807, 2.05) is 11.8 Å². The fourth-order valence-electron chi connectivity index (χ4n) is 2.11. The van der Waals surface area contributed by atoms with Gasteiger partial charge in [0, 0.05) is 27.2 Å². The summed E-state index contributed by atoms with van der Waals surface area (Å²) in [6.45, 7) is 3.17. The fraction of sp³-hybridized carbons (Fsp3) is 0.500. The molecule has 1 aromatic carbocycles. The van der Waals surface area contributed by atoms with Crippen LogP contribution in [0.1, 0.15) is 6.92 Å². The molecule has 2 rings (SSSR count). The summed E-state index contributed by atoms with van der Waals surface area (Å²) in [7, 11) is 3.48. The minimum Gasteiger partial charge on any atom is -0.485 e. The molecule has 0 N–H and O–H groups in total. The lowest BCUT2D eigenvalue weighted by Crippen LogP contribution is -2.60. The molecular weight excluding hydrogens is 247 g/mol. The molecular formula is C14H19FN2O2. The SMILES string of the molecule is C[C@@H](C(=O)N(C)C)N1CC(Oc2ccccc2F)C1. The molecule has 104 valence electrons. The monoisotopic (exact) mass is 266 g/mol. The maximum Gasteiger partial charge on any atom is 0.239 e. The number of rotatable bonds is 4. The quantitative estimate of drug-likeness (QED) is 0.825. The third kappa shape index (κ3) is 3.04. The number of likely N-dealkylation sites (N-methyl/N-ethyl adjacent to an activating group) is 1. The molecule has 1 heterocycles. The van der Waals surface area contributed by atoms with Crippen molar-refractivity contribution in [2.24, 2.45) is 0 Å². The van der Waals surface area contributed by atoms with Gasteiger partial charge in [0.15, 0.2) is 11.6 Å². The van der Waals surface area contributed by atoms with Crippen molar-refractivity contribution in [3.05, 3.63) is 30.1 Å². The van der Waals surface area contributed by atoms with E-state index in [4.69, 9.17) is 4.74 Å². The molecule has 1 aliphatic heterocycles. The summed E-state index contributed by atoms with van der Waals surface area (Å²) in [6, 6.07) is 6.21. The predicted octanol–water partition coefficient (Wildman–Crippen LogP) is 1.37. The molecule has 1 aliphatic rings. The van der Waals surface area contributed by atoms with Crippen LogP contribution in [0.2, 0.25) is 0 Å². The molecule has 0 saturated carbocycles. The minimum absolute atomic E-state index is 0.0469. The molecule has 0 aliphatic carbocycles. The molecule has 0 radical (unpaired) electrons. The number of hydrogen-bond donors (Lipinski definition) is 0. The van der Waals surface area contributed by atoms with Crippen molar-refractivity contribution in [3.63, 3.8) is 0 Å². The van der Waals surface area contributed by atoms with Crippen LogP contribution in [-0.2, 0) is 4.79 Å². The van der Waals surface area contributed by atoms with Crippen LogP contribution in [0.5, 0.6) is 5.75 Å². The first kappa shape index (κ1) is 13.8. The summed E-state index contributed by atoms with van der Waals surface area (Å²) in [5.74, 6) is 0.00134. The highest BCUT2D eigenvalue weighted by molar-refractivity contribution is 5.81. The highest BCUT2D eigenvalue weighted by atomic mass is 19.1. The molecule has 1 amide bonds. The van der Waals surface area contributed by atoms with E-state index in [9.17, 15) is 9.18 Å². The van der Waals surface area contributed by atoms with Gasteiger partial charge in [0.25, 0.3) is 0 Å². The van der Waals surface area contributed by atoms with Gasteiger partial charge in [-0.1, -0.05) is 12.1 Å². The Kier molecular flexibility index (Phi) is 4.04. The number of carbonyl (C=O) groups excluding carboxylic acids is 1. The Morgan fingerprint density at radius 3 is 2.63 bits per heavy atom. The smallest absolute Gasteiger partial charge is 0.239 e. The summed E-state index contributed by atoms with van der Waals surface area (Å²) in [6.07, 6.45) is -0.0469. The Labute approximate surface area is 112 Å². The number of ether oxygens (including phenoxy) is 1. The topological polar surface area (TPSA) is 32.8 Å². The summed E-state index contributed by atoms with van der Waals surface area (Å²) in [4.78, 5) is 15.4. The number of amides is 1. The molecule has 1 atom stereocenters. The fourth-order valence-corrected chi connectivity index (χ4v) is 2.11. The average Bonchev–Trinajstić information content (AvgIpc) is 2.33. The van der Waals surface area contributed by atoms with Gasteiger partial charge in [-0.15, -0.1) is 0 Å². The maximum atomic E-state index is 13.4. The van der Waals surface area contributed by atoms with Crippen LogP contribution in [0.15, 0.2) is 24.3 Å². The van der Waals surface area contributed by atoms with E-state index in [2.05, 4.69) is 0 Å². The highest BCUT2D eigenvalue weighted by Gasteiger charge is 2.35. The molecule has 0 spiro atoms. The largest absolute Gasteiger partial charge is 0.485 e. The van der Waals surface area contributed by atoms with Gasteiger partial charge in [0.2, 0.25) is 5.91 Å². The van der Waals surface area contributed by atoms with Crippen molar-refractivity contribution in [2.45, 2.75) is 19.1 Å². The third-order valence-electron chi connectivity index (χ3n) is 3.35. The van der Waals surface area contributed by atoms with Crippen LogP contribution in [0.4, 0.5) is 4.39 Å². The summed E-state index contributed by atoms with van der Waals surface area (Å²) in [5, 5.41) is 0. The van der Waals surface area contributed by atoms with Crippen molar-refractivity contribution in [1.82, 2.24) is 9.80 Å². The number of halogens is 1. The van der Waals surface area contributed by atoms with Crippen molar-refractivity contribution in [2.75, 3.05) is 27.2 Å². The van der Waals surface area contributed by atoms with Crippen LogP contribution in [0.25, 0.3) is 0 Å². The maximum absolute atomic E-state index is 13.4. The molecule has 0 unspecified atom stereocenters. The Morgan fingerprint density at radius 1 is 1.42 bits per heavy atom. The molecule has 1 aromatic rings. The second-order valence-electron chi connectivity index (χ2n) is 5.03. The van der Waals surface area contributed by atoms with Crippen LogP contribution < -0.4 is 4.74 Å². The van der Waals surface area contributed by atoms with E-state index in [-0.39, 0.29) is 29.6 Å². The van der Waals surface area contributed by atoms with E-state index in [1.54, 1.807) is 37.2 Å². The lowest BCUT2D eigenvalue weighted by Gasteiger charge is -2.42. The number of carbonyl (C=O) groups is 1. The Balaban J connectivity index is 1.84. The first-order chi connectivity index (χ1) is 8.99. The zero-order valence-electron chi connectivity index (χ0n) is 11.5. The molecule has 1 saturated heterocycles. The molecule has 1 fully saturated rings. The number of likely N-dealkylation sites (tertiary alicyclic amines) is 1. The minimum atomic E-state index is -0.349. The third-order valence-corrected chi connectivity index (χ3v) is 3.35. The van der Waals surface area contributed by atoms with E-state index in [0.717, 1.165) is 0 Å². The first-order valence-electron chi connectivity index (χ1n) is 6.35. The van der Waals surface area contributed by atoms with E-state index >= 15 is 0 Å². The zero-order valence-corrected chi connectivity index (χ0v) is 11.5. The number of benzene rings is 1. The molecule has 5 heteroatoms. The standard InChI is InChI=1S/C14H19FN2O2/c1-10(14(18)16(2)3)17-8-11(9-17)19-13-7-5-4-6-12(13)15/h4-7,10-11H,8-9H2,1-3H3/t10-/m0/s1. The first-order valence-corrected chi connectivity index (χ1v) is 6.35. The molecule has 19 heavy (non-hydrogen) atoms. The van der Waals surface area contributed by atoms with Gasteiger partial charge in [0.1, 0.15) is 6.10 Å². The Hall–Kier alpha value is -1.62. The van der Waals surface area contributed by atoms with Gasteiger partial charge in [-0.25, -0.2) is 4.39 Å². The average molecular weight is 266 g/mol. The van der Waals surface area contributed by atoms with E-state index in [1.165, 1.54) is 6.07 Å². The molecule has 0 bridgehead atoms. The van der Waals surface area contributed by atoms with E-state index < -0.39 is 0 Å². The van der Waals surface area contributed by atoms with Crippen LogP contribution >= 0.6 is 0 Å². The van der Waals surface area contributed by atoms with Crippen molar-refractivity contribution < 1.29 is 13.9 Å². The second-order valence-corrected chi connectivity index (χ2v) is 5.03. The van der Waals surface area contributed by atoms with Crippen LogP contribution in [-0.4, -0.2) is 55.0 Å². The second kappa shape index (κ2) is 5.57. The predicted molar refractivity (Wildman–Crippen MR) is 70.5 cm³/mol. The van der Waals surface area contributed by atoms with Gasteiger partial charge in [-0.2, -0.15) is 0 Å². The van der Waals surface area contributed by atoms with Gasteiger partial charge in [-0.3, -0.25) is 9.69 Å². The number of para-hydroxylation sites is 1. The van der Waals surface area contributed by atoms with Gasteiger partial charge >= 0.3 is 0 Å². The zero-order chi connectivity index (χ0) is 14.0. The lowest BCUT2D eigenvalue weighted by molar-refractivity contribution is -0.137. The Morgan fingerprint density at radius 2 is 2.05 bits per heavy atom. The van der Waals surface area contributed by atoms with Crippen molar-refractivity contribution >= 4 is 5.91 Å². The van der Waals surface area contributed by atoms with Crippen LogP contribution in [0.3, 0.4) is 0 Å². The summed E-state index contributed by atoms with van der Waals surface area (Å²) >= 11 is 0. The Bertz CT molecular complexity index is 459. The summed E-state index contributed by atoms with van der Waals surface area (Å²) in [5.41, 5.74) is 0. The molecule has 0 aromatic heterocycles. The van der Waals surface area contributed by atoms with Gasteiger partial charge in [0.05, 0.1) is 6.04 Å². The van der Waals surface area contributed by atoms with E-state index in [0.29, 0.717) is 13.1 Å². The summed E-state index contributed by atoms with van der Waals surface area (Å²) < 4.78 is 19.0. The van der Waals surface area contributed by atoms with Crippen molar-refractivity contribution in [3.8, 4) is 5.75 Å². The normalized spacial score (nSPS) is 17.7.